The molecule has 0 saturated heterocycles. The maximum Gasteiger partial charge on any atom is 1.00 e. The van der Waals surface area contributed by atoms with Gasteiger partial charge in [0.05, 0.1) is 12.0 Å². The minimum Gasteiger partial charge on any atom is -1.00 e. The Morgan fingerprint density at radius 1 is 1.53 bits per heavy atom. The van der Waals surface area contributed by atoms with Crippen molar-refractivity contribution < 1.29 is 76.6 Å². The zero-order valence-electron chi connectivity index (χ0n) is 13.1. The van der Waals surface area contributed by atoms with Crippen molar-refractivity contribution in [2.45, 2.75) is 6.92 Å². The summed E-state index contributed by atoms with van der Waals surface area (Å²) in [7, 11) is 0. The fourth-order valence-electron chi connectivity index (χ4n) is 1.50. The summed E-state index contributed by atoms with van der Waals surface area (Å²) in [5, 5.41) is 10.2. The molecule has 0 spiro atoms. The standard InChI is InChI=1S/C11H10N2O4.2Na.2H/c1-2-17-11(16)7-8(14)6-4-3-5-12-9(6)13-10(7)15;;;;/h3-5H,2H2,1H3,(H2,12,13,14,15);;;;/q;2*+1;2*-1. The summed E-state index contributed by atoms with van der Waals surface area (Å²) in [4.78, 5) is 29.4. The zero-order valence-corrected chi connectivity index (χ0v) is 15.1. The molecule has 2 N–H and O–H groups in total. The molecule has 0 radical (unpaired) electrons. The number of carbonyl (C=O) groups excluding carboxylic acids is 1. The van der Waals surface area contributed by atoms with E-state index in [4.69, 9.17) is 4.74 Å². The number of H-pyrrole nitrogens is 1. The van der Waals surface area contributed by atoms with Crippen LogP contribution in [0.1, 0.15) is 20.1 Å². The quantitative estimate of drug-likeness (QED) is 0.425. The number of ether oxygens (including phenoxy) is 1. The smallest absolute Gasteiger partial charge is 1.00 e. The number of aromatic amines is 1. The number of esters is 1. The van der Waals surface area contributed by atoms with Crippen molar-refractivity contribution in [2.24, 2.45) is 0 Å². The van der Waals surface area contributed by atoms with Gasteiger partial charge in [-0.15, -0.1) is 0 Å². The molecule has 0 amide bonds. The van der Waals surface area contributed by atoms with E-state index < -0.39 is 22.8 Å². The van der Waals surface area contributed by atoms with Gasteiger partial charge in [0.2, 0.25) is 0 Å². The Bertz CT molecular complexity index is 652. The van der Waals surface area contributed by atoms with Crippen LogP contribution in [-0.2, 0) is 4.74 Å². The van der Waals surface area contributed by atoms with Gasteiger partial charge >= 0.3 is 65.1 Å². The van der Waals surface area contributed by atoms with Crippen LogP contribution in [0.4, 0.5) is 0 Å². The first-order valence-corrected chi connectivity index (χ1v) is 5.02. The number of nitrogens with zero attached hydrogens (tertiary/aromatic N) is 1. The summed E-state index contributed by atoms with van der Waals surface area (Å²) in [5.74, 6) is -1.26. The molecule has 0 saturated carbocycles. The van der Waals surface area contributed by atoms with Gasteiger partial charge in [-0.3, -0.25) is 4.79 Å². The van der Waals surface area contributed by atoms with Crippen LogP contribution >= 0.6 is 0 Å². The molecule has 2 aromatic rings. The number of pyridine rings is 2. The second-order valence-electron chi connectivity index (χ2n) is 3.30. The van der Waals surface area contributed by atoms with E-state index in [9.17, 15) is 14.7 Å². The summed E-state index contributed by atoms with van der Waals surface area (Å²) in [6.45, 7) is 1.74. The molecule has 0 atom stereocenters. The van der Waals surface area contributed by atoms with Gasteiger partial charge in [-0.05, 0) is 19.1 Å². The van der Waals surface area contributed by atoms with Crippen molar-refractivity contribution >= 4 is 17.0 Å². The van der Waals surface area contributed by atoms with Gasteiger partial charge < -0.3 is 17.7 Å². The molecule has 0 aromatic carbocycles. The van der Waals surface area contributed by atoms with Crippen molar-refractivity contribution in [3.05, 3.63) is 34.2 Å². The molecule has 2 heterocycles. The monoisotopic (exact) mass is 282 g/mol. The van der Waals surface area contributed by atoms with Crippen molar-refractivity contribution in [1.82, 2.24) is 9.97 Å². The summed E-state index contributed by atoms with van der Waals surface area (Å²) in [5.41, 5.74) is -0.887. The number of carbonyl (C=O) groups is 1. The van der Waals surface area contributed by atoms with Gasteiger partial charge in [-0.2, -0.15) is 0 Å². The third-order valence-electron chi connectivity index (χ3n) is 2.24. The maximum atomic E-state index is 11.6. The molecule has 2 rings (SSSR count). The minimum absolute atomic E-state index is 0. The number of hydrogen-bond acceptors (Lipinski definition) is 5. The molecule has 0 aliphatic rings. The van der Waals surface area contributed by atoms with Crippen LogP contribution in [-0.4, -0.2) is 27.7 Å². The number of hydrogen-bond donors (Lipinski definition) is 2. The van der Waals surface area contributed by atoms with Crippen molar-refractivity contribution in [3.63, 3.8) is 0 Å². The largest absolute Gasteiger partial charge is 1.00 e. The Morgan fingerprint density at radius 3 is 2.84 bits per heavy atom. The fourth-order valence-corrected chi connectivity index (χ4v) is 1.50. The van der Waals surface area contributed by atoms with Gasteiger partial charge in [0.25, 0.3) is 5.56 Å². The van der Waals surface area contributed by atoms with Crippen LogP contribution in [0.2, 0.25) is 0 Å². The summed E-state index contributed by atoms with van der Waals surface area (Å²) >= 11 is 0. The molecule has 0 unspecified atom stereocenters. The Kier molecular flexibility index (Phi) is 7.88. The van der Waals surface area contributed by atoms with E-state index in [0.717, 1.165) is 0 Å². The van der Waals surface area contributed by atoms with Crippen LogP contribution in [0.5, 0.6) is 5.75 Å². The molecular formula is C11H12N2Na2O4. The van der Waals surface area contributed by atoms with Gasteiger partial charge in [0.15, 0.2) is 5.56 Å². The van der Waals surface area contributed by atoms with Gasteiger partial charge in [-0.25, -0.2) is 9.78 Å². The molecule has 92 valence electrons. The minimum atomic E-state index is -0.850. The van der Waals surface area contributed by atoms with Crippen molar-refractivity contribution in [2.75, 3.05) is 6.61 Å². The number of fused-ring (bicyclic) bond motifs is 1. The van der Waals surface area contributed by atoms with Gasteiger partial charge in [-0.1, -0.05) is 0 Å². The topological polar surface area (TPSA) is 92.3 Å². The molecule has 0 fully saturated rings. The van der Waals surface area contributed by atoms with Gasteiger partial charge in [0.1, 0.15) is 11.4 Å². The molecular weight excluding hydrogens is 270 g/mol. The van der Waals surface area contributed by atoms with Crippen molar-refractivity contribution in [3.8, 4) is 5.75 Å². The van der Waals surface area contributed by atoms with Crippen LogP contribution in [0.25, 0.3) is 11.0 Å². The molecule has 0 aliphatic heterocycles. The first-order chi connectivity index (χ1) is 8.15. The van der Waals surface area contributed by atoms with E-state index >= 15 is 0 Å². The van der Waals surface area contributed by atoms with Crippen molar-refractivity contribution in [1.29, 1.82) is 0 Å². The van der Waals surface area contributed by atoms with Crippen LogP contribution in [0, 0.1) is 0 Å². The Morgan fingerprint density at radius 2 is 2.21 bits per heavy atom. The number of aromatic hydroxyl groups is 1. The molecule has 6 nitrogen and oxygen atoms in total. The molecule has 19 heavy (non-hydrogen) atoms. The number of rotatable bonds is 2. The molecule has 0 aliphatic carbocycles. The van der Waals surface area contributed by atoms with E-state index in [-0.39, 0.29) is 74.2 Å². The summed E-state index contributed by atoms with van der Waals surface area (Å²) in [6, 6.07) is 3.14. The average Bonchev–Trinajstić information content (AvgIpc) is 2.29. The van der Waals surface area contributed by atoms with E-state index in [2.05, 4.69) is 9.97 Å². The first kappa shape index (κ1) is 18.6. The van der Waals surface area contributed by atoms with E-state index in [1.165, 1.54) is 6.20 Å². The number of aromatic nitrogens is 2. The second-order valence-corrected chi connectivity index (χ2v) is 3.30. The summed E-state index contributed by atoms with van der Waals surface area (Å²) in [6.07, 6.45) is 1.47. The Labute approximate surface area is 156 Å². The number of nitrogens with one attached hydrogen (secondary N) is 1. The average molecular weight is 282 g/mol. The Hall–Kier alpha value is -0.370. The SMILES string of the molecule is CCOC(=O)c1c(O)c2cccnc2[nH]c1=O.[H-].[H-].[Na+].[Na+]. The zero-order chi connectivity index (χ0) is 12.4. The third kappa shape index (κ3) is 3.81. The predicted molar refractivity (Wildman–Crippen MR) is 62.2 cm³/mol. The second kappa shape index (κ2) is 8.04. The first-order valence-electron chi connectivity index (χ1n) is 5.02. The van der Waals surface area contributed by atoms with E-state index in [1.54, 1.807) is 19.1 Å². The summed E-state index contributed by atoms with van der Waals surface area (Å²) < 4.78 is 4.70. The van der Waals surface area contributed by atoms with Crippen LogP contribution in [0.3, 0.4) is 0 Å². The fraction of sp³-hybridized carbons (Fsp3) is 0.182. The van der Waals surface area contributed by atoms with Gasteiger partial charge in [0, 0.05) is 6.20 Å². The molecule has 2 aromatic heterocycles. The van der Waals surface area contributed by atoms with E-state index in [0.29, 0.717) is 5.39 Å². The van der Waals surface area contributed by atoms with Crippen LogP contribution in [0.15, 0.2) is 23.1 Å². The normalized spacial score (nSPS) is 9.32. The Balaban J connectivity index is -0.000000810. The van der Waals surface area contributed by atoms with Crippen LogP contribution < -0.4 is 64.7 Å². The predicted octanol–water partition coefficient (Wildman–Crippen LogP) is -4.96. The molecule has 8 heteroatoms. The van der Waals surface area contributed by atoms with E-state index in [1.807, 2.05) is 0 Å². The maximum absolute atomic E-state index is 11.6. The molecule has 0 bridgehead atoms. The third-order valence-corrected chi connectivity index (χ3v) is 2.24.